The van der Waals surface area contributed by atoms with Crippen LogP contribution in [0.2, 0.25) is 0 Å². The van der Waals surface area contributed by atoms with Gasteiger partial charge in [-0.2, -0.15) is 0 Å². The van der Waals surface area contributed by atoms with Crippen molar-refractivity contribution in [3.05, 3.63) is 42.1 Å². The number of carbonyl (C=O) groups is 1. The average molecular weight is 282 g/mol. The number of nitrogens with zero attached hydrogens (tertiary/aromatic N) is 1. The van der Waals surface area contributed by atoms with Gasteiger partial charge in [-0.05, 0) is 50.0 Å². The van der Waals surface area contributed by atoms with E-state index in [0.29, 0.717) is 12.2 Å². The Labute approximate surface area is 125 Å². The number of piperidine rings is 1. The summed E-state index contributed by atoms with van der Waals surface area (Å²) in [6.45, 7) is 4.06. The van der Waals surface area contributed by atoms with Crippen molar-refractivity contribution in [2.45, 2.75) is 32.6 Å². The van der Waals surface area contributed by atoms with Crippen molar-refractivity contribution < 1.29 is 4.79 Å². The van der Waals surface area contributed by atoms with Crippen LogP contribution in [0, 0.1) is 5.41 Å². The lowest BCUT2D eigenvalue weighted by Crippen LogP contribution is -2.42. The van der Waals surface area contributed by atoms with Crippen LogP contribution >= 0.6 is 0 Å². The maximum absolute atomic E-state index is 12.9. The molecule has 0 radical (unpaired) electrons. The first-order chi connectivity index (χ1) is 10.2. The number of ketones is 1. The molecular weight excluding hydrogens is 260 g/mol. The van der Waals surface area contributed by atoms with E-state index in [4.69, 9.17) is 0 Å². The summed E-state index contributed by atoms with van der Waals surface area (Å²) in [5.41, 5.74) is 1.95. The van der Waals surface area contributed by atoms with Gasteiger partial charge in [0.25, 0.3) is 0 Å². The zero-order chi connectivity index (χ0) is 14.7. The number of aromatic nitrogens is 1. The average Bonchev–Trinajstić information content (AvgIpc) is 2.56. The largest absolute Gasteiger partial charge is 0.317 e. The number of hydrogen-bond donors (Lipinski definition) is 1. The highest BCUT2D eigenvalue weighted by molar-refractivity contribution is 5.91. The second kappa shape index (κ2) is 5.94. The van der Waals surface area contributed by atoms with E-state index in [-0.39, 0.29) is 5.41 Å². The van der Waals surface area contributed by atoms with E-state index < -0.39 is 0 Å². The molecule has 2 aromatic rings. The first-order valence-corrected chi connectivity index (χ1v) is 7.82. The molecule has 1 fully saturated rings. The molecule has 1 aliphatic rings. The highest BCUT2D eigenvalue weighted by Crippen LogP contribution is 2.35. The lowest BCUT2D eigenvalue weighted by atomic mass is 9.71. The molecule has 3 heteroatoms. The summed E-state index contributed by atoms with van der Waals surface area (Å²) in [4.78, 5) is 17.3. The molecule has 110 valence electrons. The predicted molar refractivity (Wildman–Crippen MR) is 85.3 cm³/mol. The summed E-state index contributed by atoms with van der Waals surface area (Å²) in [6.07, 6.45) is 5.20. The van der Waals surface area contributed by atoms with Gasteiger partial charge in [0, 0.05) is 23.4 Å². The fourth-order valence-corrected chi connectivity index (χ4v) is 3.40. The summed E-state index contributed by atoms with van der Waals surface area (Å²) >= 11 is 0. The van der Waals surface area contributed by atoms with Crippen LogP contribution in [-0.2, 0) is 11.2 Å². The number of fused-ring (bicyclic) bond motifs is 1. The minimum Gasteiger partial charge on any atom is -0.317 e. The number of nitrogens with one attached hydrogen (secondary N) is 1. The van der Waals surface area contributed by atoms with Crippen molar-refractivity contribution in [3.8, 4) is 0 Å². The summed E-state index contributed by atoms with van der Waals surface area (Å²) in [6, 6.07) is 10.1. The third kappa shape index (κ3) is 2.70. The monoisotopic (exact) mass is 282 g/mol. The van der Waals surface area contributed by atoms with Crippen molar-refractivity contribution in [1.82, 2.24) is 10.3 Å². The molecule has 0 saturated carbocycles. The number of benzene rings is 1. The molecule has 0 amide bonds. The van der Waals surface area contributed by atoms with E-state index in [2.05, 4.69) is 23.3 Å². The molecule has 1 aromatic heterocycles. The molecule has 0 spiro atoms. The molecule has 1 aromatic carbocycles. The molecule has 21 heavy (non-hydrogen) atoms. The molecule has 0 unspecified atom stereocenters. The van der Waals surface area contributed by atoms with Gasteiger partial charge in [0.05, 0.1) is 5.52 Å². The SMILES string of the molecule is CCC1(C(=O)Cc2ccnc3ccccc23)CCNCC1. The lowest BCUT2D eigenvalue weighted by molar-refractivity contribution is -0.129. The Hall–Kier alpha value is -1.74. The number of Topliss-reactive ketones (excluding diaryl/α,β-unsaturated/α-hetero) is 1. The maximum atomic E-state index is 12.9. The Morgan fingerprint density at radius 1 is 1.24 bits per heavy atom. The Morgan fingerprint density at radius 2 is 2.00 bits per heavy atom. The lowest BCUT2D eigenvalue weighted by Gasteiger charge is -2.35. The van der Waals surface area contributed by atoms with Gasteiger partial charge in [0.15, 0.2) is 0 Å². The van der Waals surface area contributed by atoms with Gasteiger partial charge in [-0.25, -0.2) is 0 Å². The van der Waals surface area contributed by atoms with Gasteiger partial charge in [-0.15, -0.1) is 0 Å². The highest BCUT2D eigenvalue weighted by atomic mass is 16.1. The van der Waals surface area contributed by atoms with E-state index >= 15 is 0 Å². The Balaban J connectivity index is 1.89. The van der Waals surface area contributed by atoms with Gasteiger partial charge in [0.1, 0.15) is 5.78 Å². The van der Waals surface area contributed by atoms with Gasteiger partial charge in [0.2, 0.25) is 0 Å². The minimum atomic E-state index is -0.129. The van der Waals surface area contributed by atoms with Crippen LogP contribution in [0.5, 0.6) is 0 Å². The molecule has 1 aliphatic heterocycles. The van der Waals surface area contributed by atoms with Crippen molar-refractivity contribution in [1.29, 1.82) is 0 Å². The fraction of sp³-hybridized carbons (Fsp3) is 0.444. The fourth-order valence-electron chi connectivity index (χ4n) is 3.40. The summed E-state index contributed by atoms with van der Waals surface area (Å²) in [5.74, 6) is 0.392. The van der Waals surface area contributed by atoms with Crippen molar-refractivity contribution in [3.63, 3.8) is 0 Å². The van der Waals surface area contributed by atoms with Crippen molar-refractivity contribution >= 4 is 16.7 Å². The number of pyridine rings is 1. The van der Waals surface area contributed by atoms with Gasteiger partial charge in [-0.3, -0.25) is 9.78 Å². The summed E-state index contributed by atoms with van der Waals surface area (Å²) < 4.78 is 0. The first-order valence-electron chi connectivity index (χ1n) is 7.82. The molecule has 0 bridgehead atoms. The van der Waals surface area contributed by atoms with Crippen LogP contribution in [0.4, 0.5) is 0 Å². The topological polar surface area (TPSA) is 42.0 Å². The third-order valence-corrected chi connectivity index (χ3v) is 4.92. The van der Waals surface area contributed by atoms with Gasteiger partial charge in [-0.1, -0.05) is 25.1 Å². The molecule has 0 aliphatic carbocycles. The number of rotatable bonds is 4. The predicted octanol–water partition coefficient (Wildman–Crippen LogP) is 3.13. The van der Waals surface area contributed by atoms with E-state index in [1.807, 2.05) is 30.5 Å². The molecule has 1 N–H and O–H groups in total. The molecular formula is C18H22N2O. The standard InChI is InChI=1S/C18H22N2O/c1-2-18(8-11-19-12-9-18)17(21)13-14-7-10-20-16-6-4-3-5-15(14)16/h3-7,10,19H,2,8-9,11-13H2,1H3. The summed E-state index contributed by atoms with van der Waals surface area (Å²) in [7, 11) is 0. The van der Waals surface area contributed by atoms with Gasteiger partial charge >= 0.3 is 0 Å². The van der Waals surface area contributed by atoms with E-state index in [9.17, 15) is 4.79 Å². The Bertz CT molecular complexity index is 639. The van der Waals surface area contributed by atoms with Crippen LogP contribution in [-0.4, -0.2) is 23.9 Å². The number of carbonyl (C=O) groups excluding carboxylic acids is 1. The van der Waals surface area contributed by atoms with E-state index in [1.165, 1.54) is 0 Å². The zero-order valence-corrected chi connectivity index (χ0v) is 12.6. The van der Waals surface area contributed by atoms with Crippen molar-refractivity contribution in [2.24, 2.45) is 5.41 Å². The van der Waals surface area contributed by atoms with E-state index in [0.717, 1.165) is 48.8 Å². The normalized spacial score (nSPS) is 17.8. The van der Waals surface area contributed by atoms with Crippen LogP contribution in [0.3, 0.4) is 0 Å². The van der Waals surface area contributed by atoms with E-state index in [1.54, 1.807) is 0 Å². The molecule has 0 atom stereocenters. The highest BCUT2D eigenvalue weighted by Gasteiger charge is 2.37. The minimum absolute atomic E-state index is 0.129. The van der Waals surface area contributed by atoms with Crippen LogP contribution < -0.4 is 5.32 Å². The number of hydrogen-bond acceptors (Lipinski definition) is 3. The van der Waals surface area contributed by atoms with Crippen LogP contribution in [0.15, 0.2) is 36.5 Å². The van der Waals surface area contributed by atoms with Crippen molar-refractivity contribution in [2.75, 3.05) is 13.1 Å². The summed E-state index contributed by atoms with van der Waals surface area (Å²) in [5, 5.41) is 4.47. The zero-order valence-electron chi connectivity index (χ0n) is 12.6. The number of para-hydroxylation sites is 1. The molecule has 3 rings (SSSR count). The smallest absolute Gasteiger partial charge is 0.143 e. The Morgan fingerprint density at radius 3 is 2.76 bits per heavy atom. The first kappa shape index (κ1) is 14.2. The van der Waals surface area contributed by atoms with Gasteiger partial charge < -0.3 is 5.32 Å². The second-order valence-corrected chi connectivity index (χ2v) is 5.97. The van der Waals surface area contributed by atoms with Crippen LogP contribution in [0.25, 0.3) is 10.9 Å². The van der Waals surface area contributed by atoms with Crippen LogP contribution in [0.1, 0.15) is 31.7 Å². The second-order valence-electron chi connectivity index (χ2n) is 5.97. The molecule has 2 heterocycles. The quantitative estimate of drug-likeness (QED) is 0.937. The maximum Gasteiger partial charge on any atom is 0.143 e. The Kier molecular flexibility index (Phi) is 4.02. The third-order valence-electron chi connectivity index (χ3n) is 4.92. The molecule has 3 nitrogen and oxygen atoms in total. The molecule has 1 saturated heterocycles.